The van der Waals surface area contributed by atoms with Gasteiger partial charge in [-0.1, -0.05) is 26.0 Å². The summed E-state index contributed by atoms with van der Waals surface area (Å²) in [5, 5.41) is 3.64. The Morgan fingerprint density at radius 2 is 1.80 bits per heavy atom. The van der Waals surface area contributed by atoms with Crippen LogP contribution < -0.4 is 24.3 Å². The Labute approximate surface area is 148 Å². The molecular weight excluding hydrogens is 318 g/mol. The summed E-state index contributed by atoms with van der Waals surface area (Å²) in [6.45, 7) is 5.37. The van der Waals surface area contributed by atoms with Crippen molar-refractivity contribution in [1.29, 1.82) is 0 Å². The minimum Gasteiger partial charge on any atom is -0.497 e. The van der Waals surface area contributed by atoms with Crippen LogP contribution in [0.3, 0.4) is 0 Å². The molecule has 0 fully saturated rings. The second kappa shape index (κ2) is 7.66. The summed E-state index contributed by atoms with van der Waals surface area (Å²) in [6.07, 6.45) is 0. The van der Waals surface area contributed by atoms with Gasteiger partial charge in [0.05, 0.1) is 14.2 Å². The first-order chi connectivity index (χ1) is 12.1. The molecule has 1 atom stereocenters. The van der Waals surface area contributed by atoms with E-state index in [1.807, 2.05) is 24.3 Å². The van der Waals surface area contributed by atoms with E-state index in [0.717, 1.165) is 17.1 Å². The summed E-state index contributed by atoms with van der Waals surface area (Å²) in [4.78, 5) is 0. The molecule has 25 heavy (non-hydrogen) atoms. The van der Waals surface area contributed by atoms with Crippen LogP contribution in [0, 0.1) is 5.92 Å². The van der Waals surface area contributed by atoms with E-state index >= 15 is 0 Å². The number of fused-ring (bicyclic) bond motifs is 1. The quantitative estimate of drug-likeness (QED) is 0.826. The van der Waals surface area contributed by atoms with Gasteiger partial charge in [0.1, 0.15) is 5.75 Å². The first kappa shape index (κ1) is 17.4. The Hall–Kier alpha value is -2.40. The zero-order chi connectivity index (χ0) is 17.8. The molecule has 0 saturated carbocycles. The highest BCUT2D eigenvalue weighted by molar-refractivity contribution is 5.55. The number of hydrogen-bond acceptors (Lipinski definition) is 5. The van der Waals surface area contributed by atoms with Crippen LogP contribution in [0.2, 0.25) is 0 Å². The lowest BCUT2D eigenvalue weighted by Gasteiger charge is -2.23. The first-order valence-corrected chi connectivity index (χ1v) is 8.46. The first-order valence-electron chi connectivity index (χ1n) is 8.46. The van der Waals surface area contributed by atoms with Crippen LogP contribution in [0.5, 0.6) is 23.0 Å². The van der Waals surface area contributed by atoms with Crippen LogP contribution in [0.4, 0.5) is 0 Å². The van der Waals surface area contributed by atoms with Crippen molar-refractivity contribution in [2.75, 3.05) is 21.0 Å². The molecule has 0 aromatic heterocycles. The molecule has 2 aromatic carbocycles. The highest BCUT2D eigenvalue weighted by Crippen LogP contribution is 2.41. The van der Waals surface area contributed by atoms with Crippen molar-refractivity contribution in [2.45, 2.75) is 26.4 Å². The van der Waals surface area contributed by atoms with Gasteiger partial charge in [0.25, 0.3) is 0 Å². The van der Waals surface area contributed by atoms with Crippen molar-refractivity contribution in [3.8, 4) is 23.0 Å². The van der Waals surface area contributed by atoms with Crippen LogP contribution in [0.15, 0.2) is 36.4 Å². The second-order valence-corrected chi connectivity index (χ2v) is 6.41. The van der Waals surface area contributed by atoms with E-state index in [1.54, 1.807) is 14.2 Å². The van der Waals surface area contributed by atoms with Gasteiger partial charge in [0.15, 0.2) is 11.5 Å². The largest absolute Gasteiger partial charge is 0.497 e. The molecule has 0 spiro atoms. The fraction of sp³-hybridized carbons (Fsp3) is 0.400. The van der Waals surface area contributed by atoms with Crippen molar-refractivity contribution in [3.05, 3.63) is 47.5 Å². The van der Waals surface area contributed by atoms with Gasteiger partial charge in [-0.2, -0.15) is 0 Å². The topological polar surface area (TPSA) is 49.0 Å². The van der Waals surface area contributed by atoms with E-state index in [0.29, 0.717) is 24.0 Å². The lowest BCUT2D eigenvalue weighted by Crippen LogP contribution is -2.25. The van der Waals surface area contributed by atoms with Gasteiger partial charge in [0.2, 0.25) is 12.5 Å². The zero-order valence-electron chi connectivity index (χ0n) is 15.2. The minimum atomic E-state index is 0.238. The number of benzene rings is 2. The third-order valence-electron chi connectivity index (χ3n) is 4.39. The van der Waals surface area contributed by atoms with E-state index in [4.69, 9.17) is 18.9 Å². The summed E-state index contributed by atoms with van der Waals surface area (Å²) in [6, 6.07) is 12.4. The molecule has 0 aliphatic carbocycles. The Kier molecular flexibility index (Phi) is 5.34. The molecule has 0 saturated heterocycles. The molecule has 0 amide bonds. The average molecular weight is 343 g/mol. The van der Waals surface area contributed by atoms with Gasteiger partial charge in [-0.25, -0.2) is 0 Å². The Balaban J connectivity index is 1.75. The molecule has 2 aromatic rings. The maximum atomic E-state index is 5.50. The smallest absolute Gasteiger partial charge is 0.231 e. The van der Waals surface area contributed by atoms with E-state index in [9.17, 15) is 0 Å². The average Bonchev–Trinajstić information content (AvgIpc) is 3.10. The van der Waals surface area contributed by atoms with Gasteiger partial charge < -0.3 is 24.3 Å². The van der Waals surface area contributed by atoms with Crippen LogP contribution in [0.1, 0.15) is 31.0 Å². The molecule has 1 heterocycles. The number of ether oxygens (including phenoxy) is 4. The molecular formula is C20H25NO4. The molecule has 1 N–H and O–H groups in total. The maximum Gasteiger partial charge on any atom is 0.231 e. The third kappa shape index (κ3) is 3.82. The fourth-order valence-electron chi connectivity index (χ4n) is 3.06. The summed E-state index contributed by atoms with van der Waals surface area (Å²) in [5.41, 5.74) is 2.34. The number of rotatable bonds is 7. The lowest BCUT2D eigenvalue weighted by atomic mass is 9.95. The highest BCUT2D eigenvalue weighted by atomic mass is 16.7. The monoisotopic (exact) mass is 343 g/mol. The molecule has 1 aliphatic heterocycles. The predicted molar refractivity (Wildman–Crippen MR) is 96.5 cm³/mol. The Bertz CT molecular complexity index is 712. The molecule has 1 unspecified atom stereocenters. The Morgan fingerprint density at radius 3 is 2.44 bits per heavy atom. The maximum absolute atomic E-state index is 5.50. The van der Waals surface area contributed by atoms with Crippen molar-refractivity contribution >= 4 is 0 Å². The predicted octanol–water partition coefficient (Wildman–Crippen LogP) is 3.92. The minimum absolute atomic E-state index is 0.238. The van der Waals surface area contributed by atoms with Crippen LogP contribution >= 0.6 is 0 Å². The Morgan fingerprint density at radius 1 is 1.04 bits per heavy atom. The van der Waals surface area contributed by atoms with Gasteiger partial charge in [-0.05, 0) is 41.3 Å². The van der Waals surface area contributed by atoms with E-state index in [1.165, 1.54) is 5.56 Å². The molecule has 5 heteroatoms. The van der Waals surface area contributed by atoms with Crippen molar-refractivity contribution in [2.24, 2.45) is 5.92 Å². The summed E-state index contributed by atoms with van der Waals surface area (Å²) in [5.74, 6) is 3.44. The van der Waals surface area contributed by atoms with Gasteiger partial charge >= 0.3 is 0 Å². The fourth-order valence-corrected chi connectivity index (χ4v) is 3.06. The summed E-state index contributed by atoms with van der Waals surface area (Å²) >= 11 is 0. The van der Waals surface area contributed by atoms with Gasteiger partial charge in [-0.3, -0.25) is 0 Å². The summed E-state index contributed by atoms with van der Waals surface area (Å²) in [7, 11) is 3.32. The standard InChI is InChI=1S/C20H25NO4/c1-13(2)19(15-5-7-16(22-3)8-6-15)21-11-14-9-17(23-4)20-18(10-14)24-12-25-20/h5-10,13,19,21H,11-12H2,1-4H3. The van der Waals surface area contributed by atoms with Crippen molar-refractivity contribution < 1.29 is 18.9 Å². The van der Waals surface area contributed by atoms with Crippen LogP contribution in [-0.2, 0) is 6.54 Å². The van der Waals surface area contributed by atoms with Crippen molar-refractivity contribution in [1.82, 2.24) is 5.32 Å². The summed E-state index contributed by atoms with van der Waals surface area (Å²) < 4.78 is 21.6. The molecule has 5 nitrogen and oxygen atoms in total. The van der Waals surface area contributed by atoms with E-state index in [-0.39, 0.29) is 12.8 Å². The number of methoxy groups -OCH3 is 2. The van der Waals surface area contributed by atoms with Gasteiger partial charge in [-0.15, -0.1) is 0 Å². The van der Waals surface area contributed by atoms with E-state index in [2.05, 4.69) is 31.3 Å². The number of nitrogens with one attached hydrogen (secondary N) is 1. The molecule has 0 bridgehead atoms. The molecule has 1 aliphatic rings. The lowest BCUT2D eigenvalue weighted by molar-refractivity contribution is 0.171. The second-order valence-electron chi connectivity index (χ2n) is 6.41. The van der Waals surface area contributed by atoms with Crippen LogP contribution in [-0.4, -0.2) is 21.0 Å². The van der Waals surface area contributed by atoms with Crippen molar-refractivity contribution in [3.63, 3.8) is 0 Å². The highest BCUT2D eigenvalue weighted by Gasteiger charge is 2.21. The normalized spacial score (nSPS) is 13.8. The van der Waals surface area contributed by atoms with Gasteiger partial charge in [0, 0.05) is 12.6 Å². The van der Waals surface area contributed by atoms with E-state index < -0.39 is 0 Å². The zero-order valence-corrected chi connectivity index (χ0v) is 15.2. The third-order valence-corrected chi connectivity index (χ3v) is 4.39. The SMILES string of the molecule is COc1ccc(C(NCc2cc(OC)c3c(c2)OCO3)C(C)C)cc1. The molecule has 134 valence electrons. The number of hydrogen-bond donors (Lipinski definition) is 1. The molecule has 0 radical (unpaired) electrons. The molecule has 3 rings (SSSR count). The van der Waals surface area contributed by atoms with Crippen LogP contribution in [0.25, 0.3) is 0 Å².